The highest BCUT2D eigenvalue weighted by molar-refractivity contribution is 7.27. The molecule has 210 valence electrons. The Morgan fingerprint density at radius 3 is 1.38 bits per heavy atom. The third-order valence-corrected chi connectivity index (χ3v) is 12.3. The molecule has 0 spiro atoms. The Morgan fingerprint density at radius 2 is 0.800 bits per heavy atom. The van der Waals surface area contributed by atoms with Crippen molar-refractivity contribution in [1.29, 1.82) is 0 Å². The summed E-state index contributed by atoms with van der Waals surface area (Å²) in [6, 6.07) is 45.3. The molecule has 1 saturated heterocycles. The predicted octanol–water partition coefficient (Wildman–Crippen LogP) is 8.34. The smallest absolute Gasteiger partial charge is 0.445 e. The lowest BCUT2D eigenvalue weighted by Gasteiger charge is -2.31. The molecule has 6 aromatic carbocycles. The summed E-state index contributed by atoms with van der Waals surface area (Å²) in [7, 11) is -1.84. The highest BCUT2D eigenvalue weighted by atomic mass is 32.1. The van der Waals surface area contributed by atoms with Crippen LogP contribution >= 0.6 is 34.0 Å². The van der Waals surface area contributed by atoms with E-state index < -0.39 is 21.4 Å². The zero-order valence-electron chi connectivity index (χ0n) is 23.8. The quantitative estimate of drug-likeness (QED) is 0.184. The molecule has 0 saturated carbocycles. The summed E-state index contributed by atoms with van der Waals surface area (Å²) in [4.78, 5) is 0. The minimum Gasteiger partial charge on any atom is -0.445 e. The summed E-state index contributed by atoms with van der Waals surface area (Å²) in [5, 5.41) is 7.42. The van der Waals surface area contributed by atoms with Gasteiger partial charge in [0.1, 0.15) is 0 Å². The minimum absolute atomic E-state index is 0.614. The molecule has 1 aliphatic heterocycles. The maximum atomic E-state index is 6.76. The fraction of sp³-hybridized carbons (Fsp3) is 0. The molecule has 0 N–H and O–H groups in total. The number of benzene rings is 6. The van der Waals surface area contributed by atoms with Gasteiger partial charge in [0, 0.05) is 44.4 Å². The van der Waals surface area contributed by atoms with Crippen LogP contribution in [0.3, 0.4) is 0 Å². The van der Waals surface area contributed by atoms with Gasteiger partial charge < -0.3 is 13.7 Å². The lowest BCUT2D eigenvalue weighted by atomic mass is 9.61. The van der Waals surface area contributed by atoms with Crippen LogP contribution in [0.4, 0.5) is 0 Å². The van der Waals surface area contributed by atoms with Gasteiger partial charge in [-0.3, -0.25) is 0 Å². The van der Waals surface area contributed by atoms with Crippen LogP contribution in [0, 0.1) is 0 Å². The zero-order valence-corrected chi connectivity index (χ0v) is 26.3. The average molecular weight is 630 g/mol. The second-order valence-electron chi connectivity index (χ2n) is 11.4. The molecule has 3 aromatic heterocycles. The van der Waals surface area contributed by atoms with E-state index in [0.717, 1.165) is 16.4 Å². The molecule has 0 radical (unpaired) electrons. The molecule has 0 aliphatic carbocycles. The van der Waals surface area contributed by atoms with Crippen LogP contribution in [0.5, 0.6) is 0 Å². The summed E-state index contributed by atoms with van der Waals surface area (Å²) in [5.74, 6) is 0. The van der Waals surface area contributed by atoms with E-state index in [9.17, 15) is 0 Å². The maximum absolute atomic E-state index is 6.76. The Kier molecular flexibility index (Phi) is 6.01. The number of thiophene rings is 3. The summed E-state index contributed by atoms with van der Waals surface area (Å²) >= 11 is 5.41. The van der Waals surface area contributed by atoms with E-state index in [0.29, 0.717) is 0 Å². The van der Waals surface area contributed by atoms with Crippen molar-refractivity contribution in [3.05, 3.63) is 127 Å². The molecule has 10 rings (SSSR count). The van der Waals surface area contributed by atoms with E-state index in [-0.39, 0.29) is 0 Å². The first-order valence-corrected chi connectivity index (χ1v) is 17.4. The summed E-state index contributed by atoms with van der Waals surface area (Å²) in [6.45, 7) is 0. The summed E-state index contributed by atoms with van der Waals surface area (Å²) in [5.41, 5.74) is 2.99. The molecule has 3 nitrogen and oxygen atoms in total. The maximum Gasteiger partial charge on any atom is 0.468 e. The number of hydrogen-bond donors (Lipinski definition) is 0. The molecule has 1 aliphatic rings. The van der Waals surface area contributed by atoms with E-state index in [1.165, 1.54) is 60.5 Å². The number of rotatable bonds is 3. The van der Waals surface area contributed by atoms with Gasteiger partial charge in [-0.15, -0.1) is 34.0 Å². The molecule has 45 heavy (non-hydrogen) atoms. The molecule has 9 aromatic rings. The standard InChI is InChI=1S/C36H21B3O3S3/c1-6-15-33-24(8-1)27-11-7-12-30(36(27)45-33)39-41-37(22-16-18-34-28(20-22)25-9-2-4-13-31(25)43-34)40-38(42-39)23-17-19-35-29(21-23)26-10-3-5-14-32(26)44-35/h1-21H. The molecule has 9 heteroatoms. The molecular formula is C36H21B3O3S3. The highest BCUT2D eigenvalue weighted by Gasteiger charge is 2.44. The fourth-order valence-corrected chi connectivity index (χ4v) is 10.0. The second-order valence-corrected chi connectivity index (χ2v) is 14.7. The van der Waals surface area contributed by atoms with Crippen molar-refractivity contribution in [1.82, 2.24) is 0 Å². The van der Waals surface area contributed by atoms with Crippen molar-refractivity contribution >= 4 is 132 Å². The largest absolute Gasteiger partial charge is 0.468 e. The van der Waals surface area contributed by atoms with Crippen molar-refractivity contribution < 1.29 is 13.7 Å². The topological polar surface area (TPSA) is 27.7 Å². The molecule has 0 unspecified atom stereocenters. The first-order chi connectivity index (χ1) is 22.3. The monoisotopic (exact) mass is 630 g/mol. The third kappa shape index (κ3) is 4.23. The fourth-order valence-electron chi connectivity index (χ4n) is 6.63. The van der Waals surface area contributed by atoms with E-state index >= 15 is 0 Å². The number of fused-ring (bicyclic) bond motifs is 9. The van der Waals surface area contributed by atoms with Crippen molar-refractivity contribution in [3.63, 3.8) is 0 Å². The Bertz CT molecular complexity index is 2470. The van der Waals surface area contributed by atoms with Gasteiger partial charge in [0.2, 0.25) is 0 Å². The van der Waals surface area contributed by atoms with Crippen LogP contribution in [0.25, 0.3) is 60.5 Å². The molecule has 4 heterocycles. The van der Waals surface area contributed by atoms with E-state index in [1.54, 1.807) is 11.3 Å². The Labute approximate surface area is 272 Å². The van der Waals surface area contributed by atoms with Gasteiger partial charge in [-0.2, -0.15) is 0 Å². The lowest BCUT2D eigenvalue weighted by Crippen LogP contribution is -2.61. The average Bonchev–Trinajstić information content (AvgIpc) is 3.78. The highest BCUT2D eigenvalue weighted by Crippen LogP contribution is 2.36. The van der Waals surface area contributed by atoms with E-state index in [4.69, 9.17) is 13.7 Å². The normalized spacial score (nSPS) is 14.3. The van der Waals surface area contributed by atoms with Crippen molar-refractivity contribution in [2.45, 2.75) is 0 Å². The third-order valence-electron chi connectivity index (χ3n) is 8.78. The van der Waals surface area contributed by atoms with Gasteiger partial charge in [-0.1, -0.05) is 97.1 Å². The van der Waals surface area contributed by atoms with Crippen LogP contribution in [0.1, 0.15) is 0 Å². The van der Waals surface area contributed by atoms with E-state index in [2.05, 4.69) is 127 Å². The van der Waals surface area contributed by atoms with Gasteiger partial charge in [0.05, 0.1) is 0 Å². The first kappa shape index (κ1) is 26.3. The first-order valence-electron chi connectivity index (χ1n) is 15.0. The second kappa shape index (κ2) is 10.3. The van der Waals surface area contributed by atoms with Crippen LogP contribution in [0.15, 0.2) is 127 Å². The Balaban J connectivity index is 1.12. The van der Waals surface area contributed by atoms with Gasteiger partial charge in [-0.25, -0.2) is 0 Å². The molecule has 0 amide bonds. The minimum atomic E-state index is -0.615. The van der Waals surface area contributed by atoms with Crippen LogP contribution in [0.2, 0.25) is 0 Å². The van der Waals surface area contributed by atoms with Crippen molar-refractivity contribution in [2.75, 3.05) is 0 Å². The van der Waals surface area contributed by atoms with Gasteiger partial charge in [0.15, 0.2) is 0 Å². The number of hydrogen-bond acceptors (Lipinski definition) is 6. The molecule has 0 bridgehead atoms. The van der Waals surface area contributed by atoms with Gasteiger partial charge in [-0.05, 0) is 62.9 Å². The van der Waals surface area contributed by atoms with E-state index in [1.807, 2.05) is 22.7 Å². The zero-order chi connectivity index (χ0) is 29.5. The van der Waals surface area contributed by atoms with Crippen LogP contribution in [-0.4, -0.2) is 21.4 Å². The lowest BCUT2D eigenvalue weighted by molar-refractivity contribution is 0.309. The molecule has 1 fully saturated rings. The van der Waals surface area contributed by atoms with Crippen molar-refractivity contribution in [3.8, 4) is 0 Å². The Hall–Kier alpha value is -3.95. The predicted molar refractivity (Wildman–Crippen MR) is 197 cm³/mol. The van der Waals surface area contributed by atoms with Crippen LogP contribution < -0.4 is 16.4 Å². The molecular weight excluding hydrogens is 609 g/mol. The molecule has 0 atom stereocenters. The van der Waals surface area contributed by atoms with Gasteiger partial charge >= 0.3 is 21.4 Å². The van der Waals surface area contributed by atoms with Crippen molar-refractivity contribution in [2.24, 2.45) is 0 Å². The summed E-state index contributed by atoms with van der Waals surface area (Å²) < 4.78 is 27.8. The Morgan fingerprint density at radius 1 is 0.356 bits per heavy atom. The van der Waals surface area contributed by atoms with Crippen LogP contribution in [-0.2, 0) is 13.7 Å². The SMILES string of the molecule is c1ccc2c(c1)sc1ccc(B3OB(c4ccc5sc6ccccc6c5c4)OB(c4cccc5c4sc4ccccc45)O3)cc12. The summed E-state index contributed by atoms with van der Waals surface area (Å²) in [6.07, 6.45) is 0. The van der Waals surface area contributed by atoms with Gasteiger partial charge in [0.25, 0.3) is 0 Å².